The van der Waals surface area contributed by atoms with Crippen LogP contribution in [0.25, 0.3) is 22.6 Å². The lowest BCUT2D eigenvalue weighted by Crippen LogP contribution is -2.36. The largest absolute Gasteiger partial charge is 0.436 e. The number of nitro benzene ring substituents is 1. The lowest BCUT2D eigenvalue weighted by atomic mass is 9.98. The Morgan fingerprint density at radius 1 is 1.11 bits per heavy atom. The van der Waals surface area contributed by atoms with Crippen LogP contribution in [-0.4, -0.2) is 42.1 Å². The van der Waals surface area contributed by atoms with Crippen molar-refractivity contribution in [1.29, 1.82) is 0 Å². The minimum absolute atomic E-state index is 0.0997. The van der Waals surface area contributed by atoms with Crippen molar-refractivity contribution >= 4 is 34.1 Å². The van der Waals surface area contributed by atoms with Gasteiger partial charge in [0.25, 0.3) is 11.6 Å². The van der Waals surface area contributed by atoms with Crippen LogP contribution >= 0.6 is 0 Å². The van der Waals surface area contributed by atoms with Gasteiger partial charge in [0.1, 0.15) is 11.2 Å². The average molecular weight is 501 g/mol. The number of anilines is 2. The number of hydrogen-bond acceptors (Lipinski definition) is 7. The van der Waals surface area contributed by atoms with Gasteiger partial charge in [0.2, 0.25) is 5.89 Å². The van der Waals surface area contributed by atoms with Crippen LogP contribution in [0.5, 0.6) is 0 Å². The summed E-state index contributed by atoms with van der Waals surface area (Å²) in [5, 5.41) is 14.5. The summed E-state index contributed by atoms with van der Waals surface area (Å²) in [4.78, 5) is 30.7. The number of hydrogen-bond donors (Lipinski definition) is 1. The second-order valence-corrected chi connectivity index (χ2v) is 9.15. The number of ether oxygens (including phenoxy) is 1. The number of aromatic nitrogens is 1. The smallest absolute Gasteiger partial charge is 0.293 e. The highest BCUT2D eigenvalue weighted by Gasteiger charge is 2.23. The summed E-state index contributed by atoms with van der Waals surface area (Å²) in [7, 11) is 0. The van der Waals surface area contributed by atoms with Crippen molar-refractivity contribution < 1.29 is 18.9 Å². The summed E-state index contributed by atoms with van der Waals surface area (Å²) in [5.41, 5.74) is 4.71. The van der Waals surface area contributed by atoms with Gasteiger partial charge in [-0.15, -0.1) is 0 Å². The van der Waals surface area contributed by atoms with E-state index in [1.165, 1.54) is 11.6 Å². The maximum absolute atomic E-state index is 12.9. The molecule has 0 aliphatic carbocycles. The molecule has 2 heterocycles. The Morgan fingerprint density at radius 2 is 1.86 bits per heavy atom. The summed E-state index contributed by atoms with van der Waals surface area (Å²) in [6.45, 7) is 6.50. The highest BCUT2D eigenvalue weighted by Crippen LogP contribution is 2.31. The van der Waals surface area contributed by atoms with E-state index < -0.39 is 10.8 Å². The van der Waals surface area contributed by atoms with Gasteiger partial charge in [0, 0.05) is 36.0 Å². The van der Waals surface area contributed by atoms with E-state index in [2.05, 4.69) is 36.3 Å². The topological polar surface area (TPSA) is 111 Å². The van der Waals surface area contributed by atoms with Gasteiger partial charge in [-0.3, -0.25) is 14.9 Å². The molecule has 0 unspecified atom stereocenters. The Labute approximate surface area is 214 Å². The van der Waals surface area contributed by atoms with E-state index >= 15 is 0 Å². The molecule has 1 fully saturated rings. The molecule has 1 atom stereocenters. The first-order valence-corrected chi connectivity index (χ1v) is 12.4. The third-order valence-corrected chi connectivity index (χ3v) is 6.77. The number of carbonyl (C=O) groups excluding carboxylic acids is 1. The van der Waals surface area contributed by atoms with E-state index in [1.807, 2.05) is 23.1 Å². The van der Waals surface area contributed by atoms with Gasteiger partial charge in [-0.2, -0.15) is 0 Å². The minimum Gasteiger partial charge on any atom is -0.436 e. The molecule has 1 aliphatic heterocycles. The van der Waals surface area contributed by atoms with E-state index in [-0.39, 0.29) is 11.3 Å². The molecule has 0 saturated carbocycles. The minimum atomic E-state index is -0.456. The molecule has 4 aromatic rings. The molecule has 1 aromatic heterocycles. The first kappa shape index (κ1) is 24.5. The summed E-state index contributed by atoms with van der Waals surface area (Å²) in [6.07, 6.45) is 1.05. The molecule has 37 heavy (non-hydrogen) atoms. The van der Waals surface area contributed by atoms with Crippen LogP contribution in [0.2, 0.25) is 0 Å². The summed E-state index contributed by atoms with van der Waals surface area (Å²) in [6, 6.07) is 17.8. The summed E-state index contributed by atoms with van der Waals surface area (Å²) >= 11 is 0. The van der Waals surface area contributed by atoms with Crippen LogP contribution < -0.4 is 10.2 Å². The molecule has 5 rings (SSSR count). The van der Waals surface area contributed by atoms with Crippen molar-refractivity contribution in [3.8, 4) is 11.5 Å². The Kier molecular flexibility index (Phi) is 6.87. The van der Waals surface area contributed by atoms with Crippen LogP contribution in [-0.2, 0) is 4.74 Å². The van der Waals surface area contributed by atoms with Crippen LogP contribution in [0.15, 0.2) is 65.1 Å². The van der Waals surface area contributed by atoms with Gasteiger partial charge in [-0.05, 0) is 66.4 Å². The zero-order chi connectivity index (χ0) is 25.9. The second-order valence-electron chi connectivity index (χ2n) is 9.15. The Hall–Kier alpha value is -4.24. The zero-order valence-electron chi connectivity index (χ0n) is 20.8. The lowest BCUT2D eigenvalue weighted by molar-refractivity contribution is -0.384. The first-order valence-electron chi connectivity index (χ1n) is 12.4. The second kappa shape index (κ2) is 10.4. The predicted octanol–water partition coefficient (Wildman–Crippen LogP) is 6.01. The van der Waals surface area contributed by atoms with E-state index in [0.29, 0.717) is 49.5 Å². The number of nitrogens with zero attached hydrogens (tertiary/aromatic N) is 3. The molecular weight excluding hydrogens is 472 g/mol. The van der Waals surface area contributed by atoms with E-state index in [9.17, 15) is 14.9 Å². The number of amides is 1. The number of carbonyl (C=O) groups is 1. The van der Waals surface area contributed by atoms with Gasteiger partial charge < -0.3 is 19.4 Å². The first-order chi connectivity index (χ1) is 17.9. The third-order valence-electron chi connectivity index (χ3n) is 6.77. The van der Waals surface area contributed by atoms with E-state index in [4.69, 9.17) is 9.15 Å². The lowest BCUT2D eigenvalue weighted by Gasteiger charge is -2.28. The van der Waals surface area contributed by atoms with Crippen molar-refractivity contribution in [2.24, 2.45) is 0 Å². The SMILES string of the molecule is CC[C@H](C)c1ccc2oc(-c3ccc(NC(=O)c4ccc(N5CCOCC5)c([N+](=O)[O-])c4)cc3)nc2c1. The third kappa shape index (κ3) is 5.17. The number of morpholine rings is 1. The maximum Gasteiger partial charge on any atom is 0.293 e. The normalized spacial score (nSPS) is 14.5. The van der Waals surface area contributed by atoms with Crippen molar-refractivity contribution in [3.63, 3.8) is 0 Å². The van der Waals surface area contributed by atoms with Crippen LogP contribution in [0.1, 0.15) is 42.1 Å². The van der Waals surface area contributed by atoms with Crippen molar-refractivity contribution in [2.75, 3.05) is 36.5 Å². The predicted molar refractivity (Wildman–Crippen MR) is 142 cm³/mol. The van der Waals surface area contributed by atoms with Crippen molar-refractivity contribution in [3.05, 3.63) is 81.9 Å². The molecule has 0 spiro atoms. The monoisotopic (exact) mass is 500 g/mol. The van der Waals surface area contributed by atoms with Crippen LogP contribution in [0.4, 0.5) is 17.1 Å². The zero-order valence-corrected chi connectivity index (χ0v) is 20.8. The maximum atomic E-state index is 12.9. The average Bonchev–Trinajstić information content (AvgIpc) is 3.36. The summed E-state index contributed by atoms with van der Waals surface area (Å²) < 4.78 is 11.3. The highest BCUT2D eigenvalue weighted by atomic mass is 16.6. The summed E-state index contributed by atoms with van der Waals surface area (Å²) in [5.74, 6) is 0.525. The molecule has 1 amide bonds. The van der Waals surface area contributed by atoms with Gasteiger partial charge in [0.05, 0.1) is 18.1 Å². The van der Waals surface area contributed by atoms with E-state index in [1.54, 1.807) is 24.3 Å². The molecule has 3 aromatic carbocycles. The van der Waals surface area contributed by atoms with Crippen molar-refractivity contribution in [2.45, 2.75) is 26.2 Å². The molecule has 9 heteroatoms. The standard InChI is InChI=1S/C28H28N4O5/c1-3-18(2)20-7-11-26-23(16-20)30-28(37-26)19-4-8-22(9-5-19)29-27(33)21-6-10-24(25(17-21)32(34)35)31-12-14-36-15-13-31/h4-11,16-18H,3,12-15H2,1-2H3,(H,29,33)/t18-/m0/s1. The molecule has 1 saturated heterocycles. The van der Waals surface area contributed by atoms with Crippen LogP contribution in [0.3, 0.4) is 0 Å². The Bertz CT molecular complexity index is 1440. The number of oxazole rings is 1. The van der Waals surface area contributed by atoms with Gasteiger partial charge in [-0.25, -0.2) is 4.98 Å². The molecule has 0 radical (unpaired) electrons. The molecule has 0 bridgehead atoms. The van der Waals surface area contributed by atoms with Crippen LogP contribution in [0, 0.1) is 10.1 Å². The number of nitrogens with one attached hydrogen (secondary N) is 1. The van der Waals surface area contributed by atoms with Gasteiger partial charge >= 0.3 is 0 Å². The number of nitro groups is 1. The Morgan fingerprint density at radius 3 is 2.57 bits per heavy atom. The van der Waals surface area contributed by atoms with Gasteiger partial charge in [-0.1, -0.05) is 19.9 Å². The number of rotatable bonds is 7. The molecule has 9 nitrogen and oxygen atoms in total. The fourth-order valence-electron chi connectivity index (χ4n) is 4.39. The molecule has 1 aliphatic rings. The fraction of sp³-hybridized carbons (Fsp3) is 0.286. The molecule has 190 valence electrons. The van der Waals surface area contributed by atoms with Gasteiger partial charge in [0.15, 0.2) is 5.58 Å². The number of benzene rings is 3. The molecular formula is C28H28N4O5. The fourth-order valence-corrected chi connectivity index (χ4v) is 4.39. The van der Waals surface area contributed by atoms with E-state index in [0.717, 1.165) is 23.1 Å². The highest BCUT2D eigenvalue weighted by molar-refractivity contribution is 6.05. The number of fused-ring (bicyclic) bond motifs is 1. The quantitative estimate of drug-likeness (QED) is 0.244. The Balaban J connectivity index is 1.32. The van der Waals surface area contributed by atoms with Crippen molar-refractivity contribution in [1.82, 2.24) is 4.98 Å². The molecule has 1 N–H and O–H groups in total.